The van der Waals surface area contributed by atoms with Gasteiger partial charge < -0.3 is 15.0 Å². The largest absolute Gasteiger partial charge is 0.368 e. The second kappa shape index (κ2) is 4.62. The van der Waals surface area contributed by atoms with E-state index in [2.05, 4.69) is 23.3 Å². The van der Waals surface area contributed by atoms with Crippen LogP contribution in [0.1, 0.15) is 31.6 Å². The van der Waals surface area contributed by atoms with Gasteiger partial charge in [-0.15, -0.1) is 0 Å². The second-order valence-corrected chi connectivity index (χ2v) is 3.87. The SMILES string of the molecule is CC(O[C@H]1CCCNC1)c1ccc[nH]1. The lowest BCUT2D eigenvalue weighted by Gasteiger charge is -2.26. The van der Waals surface area contributed by atoms with E-state index in [1.807, 2.05) is 12.3 Å². The summed E-state index contributed by atoms with van der Waals surface area (Å²) in [6.45, 7) is 4.22. The van der Waals surface area contributed by atoms with Crippen molar-refractivity contribution in [1.82, 2.24) is 10.3 Å². The van der Waals surface area contributed by atoms with Gasteiger partial charge in [-0.1, -0.05) is 0 Å². The standard InChI is InChI=1S/C11H18N2O/c1-9(11-5-3-7-13-11)14-10-4-2-6-12-8-10/h3,5,7,9-10,12-13H,2,4,6,8H2,1H3/t9?,10-/m0/s1. The highest BCUT2D eigenvalue weighted by Crippen LogP contribution is 2.19. The molecule has 1 fully saturated rings. The zero-order valence-electron chi connectivity index (χ0n) is 8.62. The van der Waals surface area contributed by atoms with Gasteiger partial charge in [-0.25, -0.2) is 0 Å². The highest BCUT2D eigenvalue weighted by Gasteiger charge is 2.17. The molecule has 1 aromatic rings. The molecule has 1 aliphatic heterocycles. The maximum atomic E-state index is 5.94. The average molecular weight is 194 g/mol. The van der Waals surface area contributed by atoms with Crippen LogP contribution in [0, 0.1) is 0 Å². The molecule has 2 atom stereocenters. The third-order valence-electron chi connectivity index (χ3n) is 2.71. The van der Waals surface area contributed by atoms with Crippen LogP contribution in [0.3, 0.4) is 0 Å². The van der Waals surface area contributed by atoms with Crippen LogP contribution in [-0.4, -0.2) is 24.2 Å². The molecule has 3 heteroatoms. The number of hydrogen-bond acceptors (Lipinski definition) is 2. The Morgan fingerprint density at radius 1 is 1.57 bits per heavy atom. The lowest BCUT2D eigenvalue weighted by atomic mass is 10.1. The molecule has 0 aliphatic carbocycles. The van der Waals surface area contributed by atoms with Crippen molar-refractivity contribution in [2.45, 2.75) is 32.0 Å². The van der Waals surface area contributed by atoms with E-state index in [0.29, 0.717) is 6.10 Å². The molecule has 0 aromatic carbocycles. The molecule has 0 saturated carbocycles. The molecule has 2 rings (SSSR count). The number of aromatic nitrogens is 1. The van der Waals surface area contributed by atoms with E-state index in [-0.39, 0.29) is 6.10 Å². The first kappa shape index (κ1) is 9.74. The van der Waals surface area contributed by atoms with Crippen LogP contribution in [0.4, 0.5) is 0 Å². The summed E-state index contributed by atoms with van der Waals surface area (Å²) < 4.78 is 5.94. The molecule has 1 saturated heterocycles. The summed E-state index contributed by atoms with van der Waals surface area (Å²) in [6.07, 6.45) is 4.89. The first-order chi connectivity index (χ1) is 6.86. The summed E-state index contributed by atoms with van der Waals surface area (Å²) in [5.41, 5.74) is 1.16. The number of hydrogen-bond donors (Lipinski definition) is 2. The van der Waals surface area contributed by atoms with Crippen molar-refractivity contribution in [3.05, 3.63) is 24.0 Å². The number of H-pyrrole nitrogens is 1. The minimum absolute atomic E-state index is 0.176. The molecule has 0 radical (unpaired) electrons. The lowest BCUT2D eigenvalue weighted by Crippen LogP contribution is -2.35. The van der Waals surface area contributed by atoms with Gasteiger partial charge in [0.2, 0.25) is 0 Å². The molecule has 3 nitrogen and oxygen atoms in total. The van der Waals surface area contributed by atoms with E-state index in [1.54, 1.807) is 0 Å². The molecule has 0 bridgehead atoms. The van der Waals surface area contributed by atoms with Crippen molar-refractivity contribution in [3.8, 4) is 0 Å². The zero-order valence-corrected chi connectivity index (χ0v) is 8.62. The third kappa shape index (κ3) is 2.36. The van der Waals surface area contributed by atoms with E-state index < -0.39 is 0 Å². The third-order valence-corrected chi connectivity index (χ3v) is 2.71. The van der Waals surface area contributed by atoms with Crippen LogP contribution in [0.25, 0.3) is 0 Å². The van der Waals surface area contributed by atoms with Gasteiger partial charge in [-0.3, -0.25) is 0 Å². The molecule has 1 unspecified atom stereocenters. The number of ether oxygens (including phenoxy) is 1. The lowest BCUT2D eigenvalue weighted by molar-refractivity contribution is -0.0167. The molecule has 0 amide bonds. The van der Waals surface area contributed by atoms with Crippen molar-refractivity contribution in [2.24, 2.45) is 0 Å². The van der Waals surface area contributed by atoms with Crippen LogP contribution in [0.15, 0.2) is 18.3 Å². The van der Waals surface area contributed by atoms with Crippen molar-refractivity contribution < 1.29 is 4.74 Å². The Morgan fingerprint density at radius 2 is 2.50 bits per heavy atom. The van der Waals surface area contributed by atoms with E-state index in [4.69, 9.17) is 4.74 Å². The van der Waals surface area contributed by atoms with Gasteiger partial charge in [0.15, 0.2) is 0 Å². The Kier molecular flexibility index (Phi) is 3.22. The van der Waals surface area contributed by atoms with Crippen molar-refractivity contribution in [1.29, 1.82) is 0 Å². The maximum Gasteiger partial charge on any atom is 0.0948 e. The monoisotopic (exact) mass is 194 g/mol. The Labute approximate surface area is 84.9 Å². The molecule has 78 valence electrons. The number of piperidine rings is 1. The molecule has 14 heavy (non-hydrogen) atoms. The Balaban J connectivity index is 1.84. The Hall–Kier alpha value is -0.800. The number of rotatable bonds is 3. The predicted molar refractivity (Wildman–Crippen MR) is 56.2 cm³/mol. The fourth-order valence-electron chi connectivity index (χ4n) is 1.90. The number of nitrogens with one attached hydrogen (secondary N) is 2. The molecular weight excluding hydrogens is 176 g/mol. The second-order valence-electron chi connectivity index (χ2n) is 3.87. The van der Waals surface area contributed by atoms with Gasteiger partial charge in [0, 0.05) is 18.4 Å². The fourth-order valence-corrected chi connectivity index (χ4v) is 1.90. The molecule has 0 spiro atoms. The van der Waals surface area contributed by atoms with Gasteiger partial charge >= 0.3 is 0 Å². The average Bonchev–Trinajstić information content (AvgIpc) is 2.72. The highest BCUT2D eigenvalue weighted by atomic mass is 16.5. The maximum absolute atomic E-state index is 5.94. The van der Waals surface area contributed by atoms with Gasteiger partial charge in [-0.05, 0) is 38.4 Å². The minimum atomic E-state index is 0.176. The number of aromatic amines is 1. The van der Waals surface area contributed by atoms with Crippen LogP contribution in [0.5, 0.6) is 0 Å². The molecular formula is C11H18N2O. The topological polar surface area (TPSA) is 37.0 Å². The summed E-state index contributed by atoms with van der Waals surface area (Å²) in [5.74, 6) is 0. The van der Waals surface area contributed by atoms with Crippen molar-refractivity contribution >= 4 is 0 Å². The minimum Gasteiger partial charge on any atom is -0.368 e. The van der Waals surface area contributed by atoms with E-state index in [0.717, 1.165) is 18.8 Å². The van der Waals surface area contributed by atoms with Crippen molar-refractivity contribution in [3.63, 3.8) is 0 Å². The molecule has 2 heterocycles. The van der Waals surface area contributed by atoms with Crippen LogP contribution in [0.2, 0.25) is 0 Å². The fraction of sp³-hybridized carbons (Fsp3) is 0.636. The Morgan fingerprint density at radius 3 is 3.14 bits per heavy atom. The van der Waals surface area contributed by atoms with E-state index in [9.17, 15) is 0 Å². The summed E-state index contributed by atoms with van der Waals surface area (Å²) in [4.78, 5) is 3.18. The molecule has 1 aromatic heterocycles. The van der Waals surface area contributed by atoms with Crippen LogP contribution >= 0.6 is 0 Å². The van der Waals surface area contributed by atoms with Gasteiger partial charge in [0.25, 0.3) is 0 Å². The quantitative estimate of drug-likeness (QED) is 0.770. The molecule has 2 N–H and O–H groups in total. The first-order valence-electron chi connectivity index (χ1n) is 5.36. The summed E-state index contributed by atoms with van der Waals surface area (Å²) in [5, 5.41) is 3.35. The smallest absolute Gasteiger partial charge is 0.0948 e. The molecule has 1 aliphatic rings. The highest BCUT2D eigenvalue weighted by molar-refractivity contribution is 5.06. The van der Waals surface area contributed by atoms with E-state index in [1.165, 1.54) is 12.8 Å². The summed E-state index contributed by atoms with van der Waals surface area (Å²) in [7, 11) is 0. The van der Waals surface area contributed by atoms with E-state index >= 15 is 0 Å². The normalized spacial score (nSPS) is 24.8. The zero-order chi connectivity index (χ0) is 9.80. The van der Waals surface area contributed by atoms with Crippen molar-refractivity contribution in [2.75, 3.05) is 13.1 Å². The summed E-state index contributed by atoms with van der Waals surface area (Å²) >= 11 is 0. The van der Waals surface area contributed by atoms with Gasteiger partial charge in [0.05, 0.1) is 12.2 Å². The Bertz CT molecular complexity index is 252. The first-order valence-corrected chi connectivity index (χ1v) is 5.36. The predicted octanol–water partition coefficient (Wildman–Crippen LogP) is 1.84. The van der Waals surface area contributed by atoms with Crippen LogP contribution < -0.4 is 5.32 Å². The van der Waals surface area contributed by atoms with Gasteiger partial charge in [0.1, 0.15) is 0 Å². The summed E-state index contributed by atoms with van der Waals surface area (Å²) in [6, 6.07) is 4.08. The van der Waals surface area contributed by atoms with Crippen LogP contribution in [-0.2, 0) is 4.74 Å². The van der Waals surface area contributed by atoms with Gasteiger partial charge in [-0.2, -0.15) is 0 Å².